The average Bonchev–Trinajstić information content (AvgIpc) is 3.19. The number of benzene rings is 3. The Morgan fingerprint density at radius 3 is 1.48 bits per heavy atom. The number of hydrogen-bond donors (Lipinski definition) is 1. The van der Waals surface area contributed by atoms with E-state index in [4.69, 9.17) is 49.0 Å². The number of ketones is 1. The summed E-state index contributed by atoms with van der Waals surface area (Å²) in [4.78, 5) is 44.5. The summed E-state index contributed by atoms with van der Waals surface area (Å²) in [6.45, 7) is 5.67. The monoisotopic (exact) mass is 1050 g/mol. The van der Waals surface area contributed by atoms with Gasteiger partial charge < -0.3 is 41.0 Å². The topological polar surface area (TPSA) is 125 Å². The fourth-order valence-corrected chi connectivity index (χ4v) is 10.8. The number of carbonyl (C=O) groups is 4. The Labute approximate surface area is 427 Å². The number of Topliss-reactive ketones (excluding diaryl/α,β-unsaturated/α-hetero) is 1. The first-order valence-electron chi connectivity index (χ1n) is 21.5. The minimum Gasteiger partial charge on any atom is -1.00 e. The molecule has 6 aliphatic carbocycles. The van der Waals surface area contributed by atoms with Crippen molar-refractivity contribution in [2.45, 2.75) is 102 Å². The molecule has 3 aromatic carbocycles. The molecule has 6 fully saturated rings. The van der Waals surface area contributed by atoms with Crippen molar-refractivity contribution in [3.63, 3.8) is 0 Å². The smallest absolute Gasteiger partial charge is 1.00 e. The maximum absolute atomic E-state index is 13.5. The molecule has 0 heterocycles. The normalized spacial score (nSPS) is 26.6. The van der Waals surface area contributed by atoms with Crippen LogP contribution in [0, 0.1) is 57.5 Å². The molecule has 0 atom stereocenters. The minimum atomic E-state index is -0.994. The van der Waals surface area contributed by atoms with Gasteiger partial charge in [0.15, 0.2) is 0 Å². The van der Waals surface area contributed by atoms with Gasteiger partial charge in [-0.25, -0.2) is 8.78 Å². The molecule has 3 spiro atoms. The molecule has 0 aromatic heterocycles. The van der Waals surface area contributed by atoms with E-state index < -0.39 is 17.2 Å². The predicted octanol–water partition coefficient (Wildman–Crippen LogP) is 7.82. The summed E-state index contributed by atoms with van der Waals surface area (Å²) in [7, 11) is 4.24. The molecule has 66 heavy (non-hydrogen) atoms. The first kappa shape index (κ1) is 57.9. The van der Waals surface area contributed by atoms with Crippen LogP contribution in [0.4, 0.5) is 13.2 Å². The fourth-order valence-electron chi connectivity index (χ4n) is 10.4. The number of hydrogen-bond acceptors (Lipinski definition) is 9. The van der Waals surface area contributed by atoms with E-state index in [0.29, 0.717) is 48.4 Å². The van der Waals surface area contributed by atoms with Crippen LogP contribution in [0.5, 0.6) is 0 Å². The second-order valence-corrected chi connectivity index (χ2v) is 19.4. The number of ether oxygens (including phenoxy) is 4. The molecule has 17 heteroatoms. The summed E-state index contributed by atoms with van der Waals surface area (Å²) in [6, 6.07) is 16.2. The molecule has 1 N–H and O–H groups in total. The first-order valence-corrected chi connectivity index (χ1v) is 22.7. The second kappa shape index (κ2) is 24.9. The average molecular weight is 1060 g/mol. The molecule has 6 aliphatic rings. The third-order valence-electron chi connectivity index (χ3n) is 13.6. The SMILES string of the molecule is CCOCC.COC(=O)C1CC2(C1)CC(O)(c1ccc(Cl)c(F)c1)C2.COC(=O)C1CC2(C1)CC(c1ccc(Cl)c(F)c1)C2.COC(=O)C1CC2(CC(=O)C2)C1.Fc1c[c-]ccc1Cl.[Br-].[Mg+2]. The Balaban J connectivity index is 0.000000233. The van der Waals surface area contributed by atoms with Crippen LogP contribution in [0.2, 0.25) is 15.1 Å². The van der Waals surface area contributed by atoms with E-state index in [-0.39, 0.29) is 107 Å². The van der Waals surface area contributed by atoms with E-state index in [2.05, 4.69) is 10.8 Å². The van der Waals surface area contributed by atoms with Crippen molar-refractivity contribution in [3.8, 4) is 0 Å². The van der Waals surface area contributed by atoms with Gasteiger partial charge in [-0.3, -0.25) is 23.6 Å². The van der Waals surface area contributed by atoms with E-state index in [1.165, 1.54) is 51.7 Å². The maximum Gasteiger partial charge on any atom is 2.00 e. The molecule has 0 unspecified atom stereocenters. The molecule has 6 saturated carbocycles. The van der Waals surface area contributed by atoms with Gasteiger partial charge in [-0.05, 0) is 141 Å². The van der Waals surface area contributed by atoms with Crippen molar-refractivity contribution >= 4 is 81.5 Å². The van der Waals surface area contributed by atoms with Gasteiger partial charge in [0.2, 0.25) is 0 Å². The van der Waals surface area contributed by atoms with Crippen molar-refractivity contribution in [1.82, 2.24) is 0 Å². The number of rotatable bonds is 7. The van der Waals surface area contributed by atoms with Crippen molar-refractivity contribution < 1.29 is 73.4 Å². The summed E-state index contributed by atoms with van der Waals surface area (Å²) in [5.41, 5.74) is 1.13. The molecule has 0 saturated heterocycles. The molecular formula is C49H57BrCl3F3MgO9. The summed E-state index contributed by atoms with van der Waals surface area (Å²) in [5.74, 6) is -0.809. The van der Waals surface area contributed by atoms with E-state index in [1.807, 2.05) is 19.9 Å². The maximum atomic E-state index is 13.5. The van der Waals surface area contributed by atoms with Crippen LogP contribution in [0.3, 0.4) is 0 Å². The quantitative estimate of drug-likeness (QED) is 0.109. The molecule has 3 aromatic rings. The van der Waals surface area contributed by atoms with Gasteiger partial charge >= 0.3 is 41.0 Å². The Morgan fingerprint density at radius 1 is 0.667 bits per heavy atom. The molecule has 0 bridgehead atoms. The zero-order valence-corrected chi connectivity index (χ0v) is 43.2. The van der Waals surface area contributed by atoms with Gasteiger partial charge in [0.1, 0.15) is 17.4 Å². The molecule has 9 rings (SSSR count). The summed E-state index contributed by atoms with van der Waals surface area (Å²) in [5, 5.41) is 10.9. The van der Waals surface area contributed by atoms with Gasteiger partial charge in [0.25, 0.3) is 0 Å². The second-order valence-electron chi connectivity index (χ2n) is 18.2. The number of carbonyl (C=O) groups excluding carboxylic acids is 4. The zero-order valence-electron chi connectivity index (χ0n) is 38.0. The summed E-state index contributed by atoms with van der Waals surface area (Å²) >= 11 is 16.6. The van der Waals surface area contributed by atoms with E-state index >= 15 is 0 Å². The summed E-state index contributed by atoms with van der Waals surface area (Å²) < 4.78 is 58.0. The number of methoxy groups -OCH3 is 3. The Kier molecular flexibility index (Phi) is 21.8. The largest absolute Gasteiger partial charge is 2.00 e. The van der Waals surface area contributed by atoms with E-state index in [1.54, 1.807) is 18.2 Å². The van der Waals surface area contributed by atoms with Crippen molar-refractivity contribution in [3.05, 3.63) is 104 Å². The zero-order chi connectivity index (χ0) is 47.0. The fraction of sp³-hybridized carbons (Fsp3) is 0.551. The van der Waals surface area contributed by atoms with Gasteiger partial charge in [-0.2, -0.15) is 12.1 Å². The van der Waals surface area contributed by atoms with Crippen molar-refractivity contribution in [2.24, 2.45) is 34.0 Å². The van der Waals surface area contributed by atoms with Gasteiger partial charge in [-0.15, -0.1) is 23.7 Å². The Morgan fingerprint density at radius 2 is 1.11 bits per heavy atom. The first-order chi connectivity index (χ1) is 30.3. The number of aliphatic hydroxyl groups is 1. The molecule has 0 radical (unpaired) electrons. The molecular weight excluding hydrogens is 1000 g/mol. The number of esters is 3. The van der Waals surface area contributed by atoms with E-state index in [9.17, 15) is 37.5 Å². The van der Waals surface area contributed by atoms with Crippen LogP contribution in [0.25, 0.3) is 0 Å². The minimum absolute atomic E-state index is 0. The van der Waals surface area contributed by atoms with Crippen LogP contribution in [0.1, 0.15) is 108 Å². The molecule has 358 valence electrons. The summed E-state index contributed by atoms with van der Waals surface area (Å²) in [6.07, 6.45) is 9.68. The van der Waals surface area contributed by atoms with Crippen LogP contribution < -0.4 is 17.0 Å². The van der Waals surface area contributed by atoms with Gasteiger partial charge in [0.05, 0.1) is 54.7 Å². The Bertz CT molecular complexity index is 2100. The third kappa shape index (κ3) is 14.1. The number of halogens is 7. The van der Waals surface area contributed by atoms with Crippen LogP contribution >= 0.6 is 34.8 Å². The van der Waals surface area contributed by atoms with Gasteiger partial charge in [0, 0.05) is 31.9 Å². The molecule has 0 aliphatic heterocycles. The standard InChI is InChI=1S/C15H16ClFO3.C15H16ClFO2.C9H12O3.C6H3ClF.C4H10O.BrH.Mg/c1-20-13(18)9-5-14(6-9)7-15(19,8-14)10-2-3-11(16)12(17)4-10;1-19-14(18)11-7-15(8-11)5-10(6-15)9-2-3-12(16)13(17)4-9;1-12-8(11)6-2-9(3-6)4-7(10)5-9;7-5-3-1-2-4-6(5)8;1-3-5-4-2;;/h2-4,9,19H,5-8H2,1H3;2-4,10-11H,5-8H2,1H3;6H,2-5H2,1H3;1,3-4H;3-4H2,1-2H3;1H;/q;;;-1;;;+2/p-1. The van der Waals surface area contributed by atoms with Gasteiger partial charge in [-0.1, -0.05) is 35.3 Å². The van der Waals surface area contributed by atoms with Crippen molar-refractivity contribution in [2.75, 3.05) is 34.5 Å². The van der Waals surface area contributed by atoms with Crippen LogP contribution in [-0.4, -0.2) is 86.4 Å². The van der Waals surface area contributed by atoms with E-state index in [0.717, 1.165) is 70.1 Å². The molecule has 0 amide bonds. The predicted molar refractivity (Wildman–Crippen MR) is 242 cm³/mol. The van der Waals surface area contributed by atoms with Crippen LogP contribution in [-0.2, 0) is 43.7 Å². The van der Waals surface area contributed by atoms with Crippen molar-refractivity contribution in [1.29, 1.82) is 0 Å². The third-order valence-corrected chi connectivity index (χ3v) is 14.5. The molecule has 9 nitrogen and oxygen atoms in total. The van der Waals surface area contributed by atoms with Crippen LogP contribution in [0.15, 0.2) is 54.6 Å². The Hall–Kier alpha value is -2.43.